The topological polar surface area (TPSA) is 3.24 Å². The molecule has 0 aliphatic rings. The van der Waals surface area contributed by atoms with Crippen LogP contribution in [0.1, 0.15) is 46.0 Å². The molecular formula is C15H28LiN. The molecule has 0 N–H and O–H groups in total. The monoisotopic (exact) mass is 229 g/mol. The molecule has 0 bridgehead atoms. The zero-order valence-electron chi connectivity index (χ0n) is 12.6. The summed E-state index contributed by atoms with van der Waals surface area (Å²) in [7, 11) is 4.27. The van der Waals surface area contributed by atoms with Crippen molar-refractivity contribution in [2.75, 3.05) is 20.6 Å². The van der Waals surface area contributed by atoms with Crippen LogP contribution in [0.15, 0.2) is 23.3 Å². The van der Waals surface area contributed by atoms with E-state index in [0.717, 1.165) is 6.42 Å². The SMILES string of the molecule is [CH2-]/C(C)=C/CC/C(C)=C/CCCCN(C)C.[Li+]. The first-order valence-corrected chi connectivity index (χ1v) is 6.31. The fourth-order valence-corrected chi connectivity index (χ4v) is 1.57. The van der Waals surface area contributed by atoms with Gasteiger partial charge in [-0.3, -0.25) is 0 Å². The van der Waals surface area contributed by atoms with Crippen molar-refractivity contribution in [3.8, 4) is 0 Å². The van der Waals surface area contributed by atoms with Gasteiger partial charge in [0.05, 0.1) is 0 Å². The van der Waals surface area contributed by atoms with Crippen molar-refractivity contribution in [1.29, 1.82) is 0 Å². The van der Waals surface area contributed by atoms with E-state index in [4.69, 9.17) is 0 Å². The second-order valence-corrected chi connectivity index (χ2v) is 4.94. The fraction of sp³-hybridized carbons (Fsp3) is 0.667. The van der Waals surface area contributed by atoms with E-state index >= 15 is 0 Å². The Bertz CT molecular complexity index is 225. The molecular weight excluding hydrogens is 201 g/mol. The van der Waals surface area contributed by atoms with Gasteiger partial charge >= 0.3 is 18.9 Å². The van der Waals surface area contributed by atoms with Crippen molar-refractivity contribution in [3.05, 3.63) is 30.2 Å². The van der Waals surface area contributed by atoms with Crippen molar-refractivity contribution >= 4 is 0 Å². The molecule has 0 heterocycles. The maximum atomic E-state index is 3.88. The van der Waals surface area contributed by atoms with Gasteiger partial charge in [0.1, 0.15) is 0 Å². The smallest absolute Gasteiger partial charge is 0.309 e. The van der Waals surface area contributed by atoms with Crippen molar-refractivity contribution in [1.82, 2.24) is 4.90 Å². The number of unbranched alkanes of at least 4 members (excludes halogenated alkanes) is 2. The summed E-state index contributed by atoms with van der Waals surface area (Å²) in [4.78, 5) is 2.25. The molecule has 1 nitrogen and oxygen atoms in total. The van der Waals surface area contributed by atoms with Gasteiger partial charge in [0.15, 0.2) is 0 Å². The quantitative estimate of drug-likeness (QED) is 0.262. The predicted molar refractivity (Wildman–Crippen MR) is 74.5 cm³/mol. The Kier molecular flexibility index (Phi) is 14.0. The van der Waals surface area contributed by atoms with Crippen LogP contribution in [-0.2, 0) is 0 Å². The van der Waals surface area contributed by atoms with Crippen molar-refractivity contribution in [2.45, 2.75) is 46.0 Å². The fourth-order valence-electron chi connectivity index (χ4n) is 1.57. The van der Waals surface area contributed by atoms with Gasteiger partial charge < -0.3 is 4.90 Å². The summed E-state index contributed by atoms with van der Waals surface area (Å²) < 4.78 is 0. The summed E-state index contributed by atoms with van der Waals surface area (Å²) in [6.07, 6.45) is 10.8. The molecule has 17 heavy (non-hydrogen) atoms. The van der Waals surface area contributed by atoms with Gasteiger partial charge in [-0.2, -0.15) is 0 Å². The molecule has 0 aliphatic heterocycles. The molecule has 0 saturated heterocycles. The second kappa shape index (κ2) is 12.4. The molecule has 0 rings (SSSR count). The Morgan fingerprint density at radius 1 is 1.06 bits per heavy atom. The Balaban J connectivity index is 0. The standard InChI is InChI=1S/C15H28N.Li/c1-14(2)10-9-12-15(3)11-7-6-8-13-16(4)5;/h10-11H,1,6-9,12-13H2,2-5H3;/q-1;+1/b14-10-,15-11+;. The molecule has 0 radical (unpaired) electrons. The van der Waals surface area contributed by atoms with Crippen molar-refractivity contribution < 1.29 is 18.9 Å². The summed E-state index contributed by atoms with van der Waals surface area (Å²) in [5.41, 5.74) is 2.70. The van der Waals surface area contributed by atoms with E-state index in [2.05, 4.69) is 51.9 Å². The van der Waals surface area contributed by atoms with Crippen LogP contribution in [0.3, 0.4) is 0 Å². The largest absolute Gasteiger partial charge is 1.00 e. The van der Waals surface area contributed by atoms with E-state index in [1.54, 1.807) is 0 Å². The Morgan fingerprint density at radius 2 is 1.71 bits per heavy atom. The minimum Gasteiger partial charge on any atom is -0.309 e. The van der Waals surface area contributed by atoms with Crippen LogP contribution in [0.5, 0.6) is 0 Å². The summed E-state index contributed by atoms with van der Waals surface area (Å²) in [6, 6.07) is 0. The minimum atomic E-state index is 0. The third-order valence-electron chi connectivity index (χ3n) is 2.58. The molecule has 0 saturated carbocycles. The van der Waals surface area contributed by atoms with Crippen LogP contribution in [0.25, 0.3) is 0 Å². The average molecular weight is 229 g/mol. The summed E-state index contributed by atoms with van der Waals surface area (Å²) in [5.74, 6) is 0. The molecule has 2 heteroatoms. The zero-order valence-corrected chi connectivity index (χ0v) is 12.6. The third-order valence-corrected chi connectivity index (χ3v) is 2.58. The number of hydrogen-bond acceptors (Lipinski definition) is 1. The van der Waals surface area contributed by atoms with Gasteiger partial charge in [0, 0.05) is 0 Å². The van der Waals surface area contributed by atoms with Crippen LogP contribution >= 0.6 is 0 Å². The average Bonchev–Trinajstić information content (AvgIpc) is 2.16. The number of hydrogen-bond donors (Lipinski definition) is 0. The zero-order chi connectivity index (χ0) is 12.4. The molecule has 0 atom stereocenters. The maximum Gasteiger partial charge on any atom is 1.00 e. The van der Waals surface area contributed by atoms with E-state index in [1.807, 2.05) is 0 Å². The van der Waals surface area contributed by atoms with E-state index in [0.29, 0.717) is 0 Å². The predicted octanol–water partition coefficient (Wildman–Crippen LogP) is 1.23. The van der Waals surface area contributed by atoms with Crippen LogP contribution < -0.4 is 18.9 Å². The van der Waals surface area contributed by atoms with Gasteiger partial charge in [0.2, 0.25) is 0 Å². The van der Waals surface area contributed by atoms with E-state index in [-0.39, 0.29) is 18.9 Å². The first-order chi connectivity index (χ1) is 7.52. The Hall–Kier alpha value is -0.0926. The van der Waals surface area contributed by atoms with E-state index < -0.39 is 0 Å². The third kappa shape index (κ3) is 15.9. The van der Waals surface area contributed by atoms with Gasteiger partial charge in [-0.25, -0.2) is 18.6 Å². The van der Waals surface area contributed by atoms with Crippen molar-refractivity contribution in [3.63, 3.8) is 0 Å². The summed E-state index contributed by atoms with van der Waals surface area (Å²) in [5, 5.41) is 0. The first kappa shape index (κ1) is 19.3. The Morgan fingerprint density at radius 3 is 2.24 bits per heavy atom. The van der Waals surface area contributed by atoms with Crippen LogP contribution in [0.2, 0.25) is 0 Å². The minimum absolute atomic E-state index is 0. The number of nitrogens with zero attached hydrogens (tertiary/aromatic N) is 1. The molecule has 0 unspecified atom stereocenters. The first-order valence-electron chi connectivity index (χ1n) is 6.31. The van der Waals surface area contributed by atoms with Gasteiger partial charge in [0.25, 0.3) is 0 Å². The molecule has 0 aliphatic carbocycles. The molecule has 0 aromatic rings. The van der Waals surface area contributed by atoms with Crippen LogP contribution in [0.4, 0.5) is 0 Å². The number of allylic oxidation sites excluding steroid dienone is 4. The normalized spacial score (nSPS) is 12.8. The van der Waals surface area contributed by atoms with E-state index in [9.17, 15) is 0 Å². The van der Waals surface area contributed by atoms with Crippen LogP contribution in [-0.4, -0.2) is 25.5 Å². The van der Waals surface area contributed by atoms with Gasteiger partial charge in [-0.05, 0) is 53.2 Å². The van der Waals surface area contributed by atoms with Gasteiger partial charge in [-0.15, -0.1) is 0 Å². The van der Waals surface area contributed by atoms with E-state index in [1.165, 1.54) is 43.4 Å². The molecule has 0 amide bonds. The molecule has 0 aromatic heterocycles. The van der Waals surface area contributed by atoms with Crippen molar-refractivity contribution in [2.24, 2.45) is 0 Å². The van der Waals surface area contributed by atoms with Gasteiger partial charge in [-0.1, -0.05) is 25.0 Å². The summed E-state index contributed by atoms with van der Waals surface area (Å²) >= 11 is 0. The molecule has 0 fully saturated rings. The summed E-state index contributed by atoms with van der Waals surface area (Å²) in [6.45, 7) is 9.37. The second-order valence-electron chi connectivity index (χ2n) is 4.94. The maximum absolute atomic E-state index is 3.88. The number of rotatable bonds is 8. The molecule has 0 aromatic carbocycles. The molecule has 94 valence electrons. The Labute approximate surface area is 121 Å². The van der Waals surface area contributed by atoms with Crippen LogP contribution in [0, 0.1) is 6.92 Å². The molecule has 0 spiro atoms.